The van der Waals surface area contributed by atoms with Gasteiger partial charge >= 0.3 is 6.36 Å². The highest BCUT2D eigenvalue weighted by atomic mass is 35.5. The number of benzene rings is 2. The van der Waals surface area contributed by atoms with Crippen LogP contribution >= 0.6 is 11.6 Å². The highest BCUT2D eigenvalue weighted by molar-refractivity contribution is 6.30. The van der Waals surface area contributed by atoms with Crippen LogP contribution in [-0.2, 0) is 13.1 Å². The summed E-state index contributed by atoms with van der Waals surface area (Å²) in [6.45, 7) is 1.05. The van der Waals surface area contributed by atoms with Crippen LogP contribution in [-0.4, -0.2) is 16.6 Å². The van der Waals surface area contributed by atoms with E-state index in [9.17, 15) is 13.2 Å². The molecule has 0 bridgehead atoms. The molecule has 0 aliphatic heterocycles. The molecule has 0 atom stereocenters. The van der Waals surface area contributed by atoms with Crippen molar-refractivity contribution >= 4 is 11.6 Å². The van der Waals surface area contributed by atoms with Crippen molar-refractivity contribution < 1.29 is 17.9 Å². The molecule has 0 aliphatic carbocycles. The molecule has 0 amide bonds. The normalized spacial score (nSPS) is 11.5. The number of hydrogen-bond donors (Lipinski definition) is 2. The van der Waals surface area contributed by atoms with Gasteiger partial charge in [0.1, 0.15) is 5.75 Å². The fourth-order valence-electron chi connectivity index (χ4n) is 2.46. The van der Waals surface area contributed by atoms with E-state index in [0.29, 0.717) is 18.1 Å². The molecule has 136 valence electrons. The van der Waals surface area contributed by atoms with Crippen molar-refractivity contribution in [2.75, 3.05) is 0 Å². The molecule has 0 spiro atoms. The number of nitrogens with one attached hydrogen (secondary N) is 2. The molecule has 2 aromatic carbocycles. The molecule has 3 rings (SSSR count). The Morgan fingerprint density at radius 1 is 1.00 bits per heavy atom. The third-order valence-corrected chi connectivity index (χ3v) is 3.90. The molecule has 8 heteroatoms. The zero-order valence-corrected chi connectivity index (χ0v) is 14.2. The quantitative estimate of drug-likeness (QED) is 0.637. The minimum atomic E-state index is -4.68. The van der Waals surface area contributed by atoms with Crippen LogP contribution < -0.4 is 10.1 Å². The topological polar surface area (TPSA) is 49.9 Å². The number of halogens is 4. The summed E-state index contributed by atoms with van der Waals surface area (Å²) < 4.78 is 40.3. The summed E-state index contributed by atoms with van der Waals surface area (Å²) >= 11 is 5.90. The first-order valence-electron chi connectivity index (χ1n) is 7.74. The molecule has 2 N–H and O–H groups in total. The van der Waals surface area contributed by atoms with Crippen LogP contribution in [0.1, 0.15) is 11.1 Å². The summed E-state index contributed by atoms with van der Waals surface area (Å²) in [5.74, 6) is -0.235. The number of rotatable bonds is 6. The molecular formula is C18H15ClF3N3O. The van der Waals surface area contributed by atoms with Crippen molar-refractivity contribution in [1.29, 1.82) is 0 Å². The Balaban J connectivity index is 1.57. The van der Waals surface area contributed by atoms with Gasteiger partial charge in [-0.25, -0.2) is 0 Å². The molecule has 0 aliphatic rings. The molecule has 0 fully saturated rings. The predicted molar refractivity (Wildman–Crippen MR) is 92.7 cm³/mol. The monoisotopic (exact) mass is 381 g/mol. The SMILES string of the molecule is FC(F)(F)Oc1ccc(CNCc2cn[nH]c2-c2ccc(Cl)cc2)cc1. The van der Waals surface area contributed by atoms with Gasteiger partial charge in [0.25, 0.3) is 0 Å². The van der Waals surface area contributed by atoms with Gasteiger partial charge in [-0.2, -0.15) is 5.10 Å². The van der Waals surface area contributed by atoms with E-state index in [4.69, 9.17) is 11.6 Å². The van der Waals surface area contributed by atoms with E-state index in [1.165, 1.54) is 12.1 Å². The highest BCUT2D eigenvalue weighted by Crippen LogP contribution is 2.24. The molecule has 0 saturated carbocycles. The Labute approximate surface area is 153 Å². The van der Waals surface area contributed by atoms with Crippen LogP contribution in [0.15, 0.2) is 54.7 Å². The van der Waals surface area contributed by atoms with Crippen molar-refractivity contribution in [1.82, 2.24) is 15.5 Å². The maximum absolute atomic E-state index is 12.2. The summed E-state index contributed by atoms with van der Waals surface area (Å²) in [5, 5.41) is 10.9. The van der Waals surface area contributed by atoms with Gasteiger partial charge in [0.15, 0.2) is 0 Å². The maximum Gasteiger partial charge on any atom is 0.573 e. The van der Waals surface area contributed by atoms with Gasteiger partial charge in [-0.15, -0.1) is 13.2 Å². The Morgan fingerprint density at radius 2 is 1.69 bits per heavy atom. The summed E-state index contributed by atoms with van der Waals surface area (Å²) in [6.07, 6.45) is -2.95. The highest BCUT2D eigenvalue weighted by Gasteiger charge is 2.30. The van der Waals surface area contributed by atoms with Gasteiger partial charge in [-0.05, 0) is 35.4 Å². The van der Waals surface area contributed by atoms with E-state index in [1.807, 2.05) is 12.1 Å². The average Bonchev–Trinajstić information content (AvgIpc) is 3.04. The molecule has 0 radical (unpaired) electrons. The van der Waals surface area contributed by atoms with Crippen molar-refractivity contribution in [2.24, 2.45) is 0 Å². The van der Waals surface area contributed by atoms with E-state index in [2.05, 4.69) is 20.3 Å². The van der Waals surface area contributed by atoms with E-state index < -0.39 is 6.36 Å². The first-order chi connectivity index (χ1) is 12.4. The third kappa shape index (κ3) is 5.00. The van der Waals surface area contributed by atoms with E-state index in [-0.39, 0.29) is 5.75 Å². The lowest BCUT2D eigenvalue weighted by Crippen LogP contribution is -2.17. The number of alkyl halides is 3. The lowest BCUT2D eigenvalue weighted by atomic mass is 10.1. The van der Waals surface area contributed by atoms with Crippen LogP contribution in [0.5, 0.6) is 5.75 Å². The largest absolute Gasteiger partial charge is 0.573 e. The van der Waals surface area contributed by atoms with Gasteiger partial charge < -0.3 is 10.1 Å². The lowest BCUT2D eigenvalue weighted by Gasteiger charge is -2.10. The van der Waals surface area contributed by atoms with Gasteiger partial charge in [-0.1, -0.05) is 35.9 Å². The molecule has 1 heterocycles. The standard InChI is InChI=1S/C18H15ClF3N3O/c19-15-5-3-13(4-6-15)17-14(11-24-25-17)10-23-9-12-1-7-16(8-2-12)26-18(20,21)22/h1-8,11,23H,9-10H2,(H,24,25). The van der Waals surface area contributed by atoms with Crippen LogP contribution in [0, 0.1) is 0 Å². The van der Waals surface area contributed by atoms with E-state index in [1.54, 1.807) is 30.5 Å². The second kappa shape index (κ2) is 7.80. The molecule has 0 unspecified atom stereocenters. The number of aromatic amines is 1. The minimum absolute atomic E-state index is 0.235. The van der Waals surface area contributed by atoms with Crippen molar-refractivity contribution in [3.63, 3.8) is 0 Å². The van der Waals surface area contributed by atoms with Crippen LogP contribution in [0.2, 0.25) is 5.02 Å². The summed E-state index contributed by atoms with van der Waals surface area (Å²) in [6, 6.07) is 13.2. The molecule has 4 nitrogen and oxygen atoms in total. The molecule has 3 aromatic rings. The Hall–Kier alpha value is -2.51. The van der Waals surface area contributed by atoms with Crippen LogP contribution in [0.4, 0.5) is 13.2 Å². The van der Waals surface area contributed by atoms with E-state index in [0.717, 1.165) is 22.4 Å². The van der Waals surface area contributed by atoms with Crippen LogP contribution in [0.25, 0.3) is 11.3 Å². The fraction of sp³-hybridized carbons (Fsp3) is 0.167. The van der Waals surface area contributed by atoms with Crippen LogP contribution in [0.3, 0.4) is 0 Å². The van der Waals surface area contributed by atoms with Gasteiger partial charge in [-0.3, -0.25) is 5.10 Å². The number of ether oxygens (including phenoxy) is 1. The van der Waals surface area contributed by atoms with Crippen molar-refractivity contribution in [3.05, 3.63) is 70.9 Å². The zero-order valence-electron chi connectivity index (χ0n) is 13.5. The first-order valence-corrected chi connectivity index (χ1v) is 8.12. The molecule has 0 saturated heterocycles. The summed E-state index contributed by atoms with van der Waals surface area (Å²) in [5.41, 5.74) is 3.68. The van der Waals surface area contributed by atoms with Gasteiger partial charge in [0, 0.05) is 23.7 Å². The predicted octanol–water partition coefficient (Wildman–Crippen LogP) is 4.92. The number of hydrogen-bond acceptors (Lipinski definition) is 3. The Bertz CT molecular complexity index is 845. The second-order valence-electron chi connectivity index (χ2n) is 5.57. The maximum atomic E-state index is 12.2. The summed E-state index contributed by atoms with van der Waals surface area (Å²) in [7, 11) is 0. The number of aromatic nitrogens is 2. The van der Waals surface area contributed by atoms with Crippen molar-refractivity contribution in [2.45, 2.75) is 19.5 Å². The Kier molecular flexibility index (Phi) is 5.49. The zero-order chi connectivity index (χ0) is 18.6. The van der Waals surface area contributed by atoms with Gasteiger partial charge in [0.2, 0.25) is 0 Å². The minimum Gasteiger partial charge on any atom is -0.406 e. The van der Waals surface area contributed by atoms with Crippen molar-refractivity contribution in [3.8, 4) is 17.0 Å². The molecule has 1 aromatic heterocycles. The molecular weight excluding hydrogens is 367 g/mol. The van der Waals surface area contributed by atoms with Gasteiger partial charge in [0.05, 0.1) is 11.9 Å². The third-order valence-electron chi connectivity index (χ3n) is 3.65. The second-order valence-corrected chi connectivity index (χ2v) is 6.01. The Morgan fingerprint density at radius 3 is 2.35 bits per heavy atom. The fourth-order valence-corrected chi connectivity index (χ4v) is 2.59. The summed E-state index contributed by atoms with van der Waals surface area (Å²) in [4.78, 5) is 0. The van der Waals surface area contributed by atoms with E-state index >= 15 is 0 Å². The number of H-pyrrole nitrogens is 1. The molecule has 26 heavy (non-hydrogen) atoms. The first kappa shape index (κ1) is 18.3. The lowest BCUT2D eigenvalue weighted by molar-refractivity contribution is -0.274. The average molecular weight is 382 g/mol. The smallest absolute Gasteiger partial charge is 0.406 e. The number of nitrogens with zero attached hydrogens (tertiary/aromatic N) is 1.